The Morgan fingerprint density at radius 1 is 1.17 bits per heavy atom. The van der Waals surface area contributed by atoms with Crippen LogP contribution in [0.1, 0.15) is 32.6 Å². The van der Waals surface area contributed by atoms with Gasteiger partial charge in [0.05, 0.1) is 5.69 Å². The first-order valence-electron chi connectivity index (χ1n) is 10.5. The van der Waals surface area contributed by atoms with E-state index >= 15 is 0 Å². The van der Waals surface area contributed by atoms with Gasteiger partial charge in [0.2, 0.25) is 0 Å². The summed E-state index contributed by atoms with van der Waals surface area (Å²) < 4.78 is 27.2. The highest BCUT2D eigenvalue weighted by atomic mass is 127. The maximum absolute atomic E-state index is 14.0. The Hall–Kier alpha value is -1.16. The lowest BCUT2D eigenvalue weighted by molar-refractivity contribution is 0.214. The van der Waals surface area contributed by atoms with Crippen molar-refractivity contribution in [3.8, 4) is 0 Å². The highest BCUT2D eigenvalue weighted by Crippen LogP contribution is 2.24. The van der Waals surface area contributed by atoms with Crippen molar-refractivity contribution >= 4 is 35.6 Å². The van der Waals surface area contributed by atoms with Gasteiger partial charge in [-0.05, 0) is 70.8 Å². The van der Waals surface area contributed by atoms with Gasteiger partial charge in [0.25, 0.3) is 0 Å². The van der Waals surface area contributed by atoms with Crippen LogP contribution in [0.15, 0.2) is 23.2 Å². The molecule has 2 fully saturated rings. The second-order valence-corrected chi connectivity index (χ2v) is 7.97. The third-order valence-electron chi connectivity index (χ3n) is 5.77. The Kier molecular flexibility index (Phi) is 9.88. The highest BCUT2D eigenvalue weighted by Gasteiger charge is 2.25. The van der Waals surface area contributed by atoms with Crippen LogP contribution in [0, 0.1) is 17.6 Å². The molecule has 2 aliphatic heterocycles. The number of halogens is 3. The fourth-order valence-corrected chi connectivity index (χ4v) is 4.06. The van der Waals surface area contributed by atoms with E-state index in [0.29, 0.717) is 12.2 Å². The minimum atomic E-state index is -0.540. The van der Waals surface area contributed by atoms with Gasteiger partial charge in [-0.2, -0.15) is 0 Å². The minimum Gasteiger partial charge on any atom is -0.367 e. The summed E-state index contributed by atoms with van der Waals surface area (Å²) in [7, 11) is 2.18. The van der Waals surface area contributed by atoms with E-state index in [2.05, 4.69) is 29.5 Å². The average Bonchev–Trinajstić information content (AvgIpc) is 3.11. The summed E-state index contributed by atoms with van der Waals surface area (Å²) in [5, 5.41) is 6.80. The molecule has 1 aromatic carbocycles. The molecule has 3 rings (SSSR count). The maximum Gasteiger partial charge on any atom is 0.191 e. The van der Waals surface area contributed by atoms with Crippen molar-refractivity contribution in [1.29, 1.82) is 0 Å². The topological polar surface area (TPSA) is 42.9 Å². The third-order valence-corrected chi connectivity index (χ3v) is 5.77. The summed E-state index contributed by atoms with van der Waals surface area (Å²) in [6, 6.07) is 3.98. The number of likely N-dealkylation sites (tertiary alicyclic amines) is 1. The van der Waals surface area contributed by atoms with Gasteiger partial charge < -0.3 is 20.4 Å². The van der Waals surface area contributed by atoms with Crippen molar-refractivity contribution < 1.29 is 8.78 Å². The number of hydrogen-bond donors (Lipinski definition) is 2. The quantitative estimate of drug-likeness (QED) is 0.342. The highest BCUT2D eigenvalue weighted by molar-refractivity contribution is 14.0. The standard InChI is InChI=1S/C21H33F2N5.HI/c1-3-24-21(25-10-6-16-7-11-27(2)12-8-16)26-18-9-13-28(15-18)20-5-4-17(22)14-19(20)23;/h4-5,14,16,18H,3,6-13,15H2,1-2H3,(H2,24,25,26);1H. The normalized spacial score (nSPS) is 21.2. The summed E-state index contributed by atoms with van der Waals surface area (Å²) in [5.41, 5.74) is 0.468. The third kappa shape index (κ3) is 7.24. The molecule has 8 heteroatoms. The monoisotopic (exact) mass is 521 g/mol. The number of piperidine rings is 1. The molecule has 0 aromatic heterocycles. The molecule has 1 atom stereocenters. The van der Waals surface area contributed by atoms with Crippen LogP contribution < -0.4 is 15.5 Å². The van der Waals surface area contributed by atoms with E-state index < -0.39 is 11.6 Å². The number of anilines is 1. The van der Waals surface area contributed by atoms with E-state index in [4.69, 9.17) is 4.99 Å². The summed E-state index contributed by atoms with van der Waals surface area (Å²) in [6.45, 7) is 7.49. The number of hydrogen-bond acceptors (Lipinski definition) is 3. The lowest BCUT2D eigenvalue weighted by Gasteiger charge is -2.28. The van der Waals surface area contributed by atoms with Crippen molar-refractivity contribution in [2.75, 3.05) is 51.2 Å². The molecule has 29 heavy (non-hydrogen) atoms. The van der Waals surface area contributed by atoms with Crippen LogP contribution in [-0.2, 0) is 0 Å². The predicted molar refractivity (Wildman–Crippen MR) is 126 cm³/mol. The lowest BCUT2D eigenvalue weighted by Crippen LogP contribution is -2.44. The van der Waals surface area contributed by atoms with E-state index in [0.717, 1.165) is 50.4 Å². The Morgan fingerprint density at radius 2 is 1.93 bits per heavy atom. The first-order valence-corrected chi connectivity index (χ1v) is 10.5. The molecule has 2 N–H and O–H groups in total. The smallest absolute Gasteiger partial charge is 0.191 e. The van der Waals surface area contributed by atoms with Crippen LogP contribution in [0.3, 0.4) is 0 Å². The number of nitrogens with zero attached hydrogens (tertiary/aromatic N) is 3. The van der Waals surface area contributed by atoms with Crippen molar-refractivity contribution in [1.82, 2.24) is 15.5 Å². The summed E-state index contributed by atoms with van der Waals surface area (Å²) in [5.74, 6) is 0.564. The van der Waals surface area contributed by atoms with Gasteiger partial charge in [-0.15, -0.1) is 24.0 Å². The van der Waals surface area contributed by atoms with E-state index in [1.807, 2.05) is 4.90 Å². The SMILES string of the molecule is CCNC(=NCCC1CCN(C)CC1)NC1CCN(c2ccc(F)cc2F)C1.I. The van der Waals surface area contributed by atoms with Crippen LogP contribution in [0.5, 0.6) is 0 Å². The number of nitrogens with one attached hydrogen (secondary N) is 2. The first kappa shape index (κ1) is 24.1. The number of guanidine groups is 1. The molecule has 0 bridgehead atoms. The zero-order valence-electron chi connectivity index (χ0n) is 17.5. The first-order chi connectivity index (χ1) is 13.5. The molecule has 2 heterocycles. The Balaban J connectivity index is 0.00000300. The molecule has 0 radical (unpaired) electrons. The average molecular weight is 521 g/mol. The van der Waals surface area contributed by atoms with Gasteiger partial charge in [0.15, 0.2) is 5.96 Å². The van der Waals surface area contributed by atoms with Crippen molar-refractivity contribution in [3.63, 3.8) is 0 Å². The lowest BCUT2D eigenvalue weighted by atomic mass is 9.94. The number of aliphatic imine (C=N–C) groups is 1. The summed E-state index contributed by atoms with van der Waals surface area (Å²) in [4.78, 5) is 9.11. The summed E-state index contributed by atoms with van der Waals surface area (Å²) in [6.07, 6.45) is 4.55. The van der Waals surface area contributed by atoms with E-state index in [1.165, 1.54) is 38.1 Å². The van der Waals surface area contributed by atoms with Crippen LogP contribution in [0.25, 0.3) is 0 Å². The molecule has 2 saturated heterocycles. The van der Waals surface area contributed by atoms with Crippen molar-refractivity contribution in [2.45, 2.75) is 38.6 Å². The predicted octanol–water partition coefficient (Wildman–Crippen LogP) is 3.45. The fourth-order valence-electron chi connectivity index (χ4n) is 4.06. The van der Waals surface area contributed by atoms with E-state index in [1.54, 1.807) is 0 Å². The molecule has 0 amide bonds. The molecular weight excluding hydrogens is 487 g/mol. The Bertz CT molecular complexity index is 664. The van der Waals surface area contributed by atoms with Crippen LogP contribution >= 0.6 is 24.0 Å². The Morgan fingerprint density at radius 3 is 2.62 bits per heavy atom. The number of benzene rings is 1. The van der Waals surface area contributed by atoms with Gasteiger partial charge in [-0.1, -0.05) is 0 Å². The molecule has 1 unspecified atom stereocenters. The molecule has 0 spiro atoms. The largest absolute Gasteiger partial charge is 0.367 e. The molecule has 5 nitrogen and oxygen atoms in total. The van der Waals surface area contributed by atoms with Crippen LogP contribution in [-0.4, -0.2) is 63.2 Å². The second kappa shape index (κ2) is 11.9. The van der Waals surface area contributed by atoms with Gasteiger partial charge in [0.1, 0.15) is 11.6 Å². The molecule has 1 aromatic rings. The van der Waals surface area contributed by atoms with Gasteiger partial charge in [0, 0.05) is 38.3 Å². The number of rotatable bonds is 6. The Labute approximate surface area is 190 Å². The molecular formula is C21H34F2IN5. The zero-order chi connectivity index (χ0) is 19.9. The van der Waals surface area contributed by atoms with Crippen LogP contribution in [0.2, 0.25) is 0 Å². The maximum atomic E-state index is 14.0. The second-order valence-electron chi connectivity index (χ2n) is 7.97. The van der Waals surface area contributed by atoms with Crippen LogP contribution in [0.4, 0.5) is 14.5 Å². The van der Waals surface area contributed by atoms with Gasteiger partial charge in [-0.25, -0.2) is 8.78 Å². The minimum absolute atomic E-state index is 0. The fraction of sp³-hybridized carbons (Fsp3) is 0.667. The molecule has 0 saturated carbocycles. The van der Waals surface area contributed by atoms with E-state index in [9.17, 15) is 8.78 Å². The van der Waals surface area contributed by atoms with Gasteiger partial charge >= 0.3 is 0 Å². The molecule has 0 aliphatic carbocycles. The molecule has 2 aliphatic rings. The summed E-state index contributed by atoms with van der Waals surface area (Å²) >= 11 is 0. The van der Waals surface area contributed by atoms with Crippen molar-refractivity contribution in [3.05, 3.63) is 29.8 Å². The zero-order valence-corrected chi connectivity index (χ0v) is 19.8. The van der Waals surface area contributed by atoms with Crippen molar-refractivity contribution in [2.24, 2.45) is 10.9 Å². The van der Waals surface area contributed by atoms with E-state index in [-0.39, 0.29) is 30.0 Å². The van der Waals surface area contributed by atoms with Gasteiger partial charge in [-0.3, -0.25) is 4.99 Å². The molecule has 164 valence electrons.